The molecule has 0 aliphatic heterocycles. The van der Waals surface area contributed by atoms with Crippen molar-refractivity contribution in [2.24, 2.45) is 10.3 Å². The zero-order chi connectivity index (χ0) is 32.6. The Morgan fingerprint density at radius 2 is 0.936 bits per heavy atom. The maximum Gasteiger partial charge on any atom is 0.210 e. The number of fused-ring (bicyclic) bond motifs is 3. The summed E-state index contributed by atoms with van der Waals surface area (Å²) in [7, 11) is 0. The van der Waals surface area contributed by atoms with E-state index in [4.69, 9.17) is 0 Å². The van der Waals surface area contributed by atoms with Crippen molar-refractivity contribution in [2.45, 2.75) is 98.3 Å². The first kappa shape index (κ1) is 42.2. The van der Waals surface area contributed by atoms with Gasteiger partial charge in [-0.1, -0.05) is 88.0 Å². The maximum absolute atomic E-state index is 13.4. The molecule has 0 atom stereocenters. The zero-order valence-corrected chi connectivity index (χ0v) is 30.4. The summed E-state index contributed by atoms with van der Waals surface area (Å²) in [6.07, 6.45) is 10.3. The first-order chi connectivity index (χ1) is 21.9. The van der Waals surface area contributed by atoms with Crippen molar-refractivity contribution in [3.05, 3.63) is 58.7 Å². The molecule has 0 saturated carbocycles. The van der Waals surface area contributed by atoms with Gasteiger partial charge >= 0.3 is 0 Å². The van der Waals surface area contributed by atoms with E-state index in [0.29, 0.717) is 43.5 Å². The van der Waals surface area contributed by atoms with Crippen LogP contribution in [-0.4, -0.2) is 82.5 Å². The third-order valence-electron chi connectivity index (χ3n) is 8.81. The molecule has 2 aromatic rings. The molecule has 47 heavy (non-hydrogen) atoms. The van der Waals surface area contributed by atoms with Crippen LogP contribution in [0.15, 0.2) is 46.7 Å². The van der Waals surface area contributed by atoms with E-state index in [9.17, 15) is 20.0 Å². The fourth-order valence-corrected chi connectivity index (χ4v) is 5.97. The minimum Gasteiger partial charge on any atom is -0.411 e. The van der Waals surface area contributed by atoms with Crippen molar-refractivity contribution in [2.75, 3.05) is 39.3 Å². The van der Waals surface area contributed by atoms with E-state index in [1.54, 1.807) is 12.1 Å². The van der Waals surface area contributed by atoms with Crippen LogP contribution in [0.5, 0.6) is 0 Å². The standard InChI is InChI=1S/C37H54N4O4.2ClH/c1-5-9-19-40(20-10-6-2)23-17-34(38-44)36(42)28-13-15-32-30(25-28)27-31-26-29(14-16-33(31)32)37(43)35(39-45)18-24-41(21-11-7-3)22-12-8-4;;/h13-16,25-26,44-45H,5-12,17-24,27H2,1-4H3;2*1H. The minimum absolute atomic E-state index is 0. The molecule has 0 radical (unpaired) electrons. The highest BCUT2D eigenvalue weighted by atomic mass is 35.5. The monoisotopic (exact) mass is 690 g/mol. The van der Waals surface area contributed by atoms with E-state index in [0.717, 1.165) is 99.8 Å². The smallest absolute Gasteiger partial charge is 0.210 e. The fraction of sp³-hybridized carbons (Fsp3) is 0.568. The molecule has 0 heterocycles. The minimum atomic E-state index is -0.256. The predicted octanol–water partition coefficient (Wildman–Crippen LogP) is 8.71. The van der Waals surface area contributed by atoms with Gasteiger partial charge in [-0.05, 0) is 92.7 Å². The molecule has 0 aromatic heterocycles. The van der Waals surface area contributed by atoms with E-state index in [-0.39, 0.29) is 47.8 Å². The number of unbranched alkanes of at least 4 members (excludes halogenated alkanes) is 4. The second-order valence-electron chi connectivity index (χ2n) is 12.3. The molecular formula is C37H56Cl2N4O4. The second-order valence-corrected chi connectivity index (χ2v) is 12.3. The van der Waals surface area contributed by atoms with Crippen LogP contribution in [0.3, 0.4) is 0 Å². The van der Waals surface area contributed by atoms with Crippen LogP contribution >= 0.6 is 24.8 Å². The molecule has 8 nitrogen and oxygen atoms in total. The Kier molecular flexibility index (Phi) is 20.4. The summed E-state index contributed by atoms with van der Waals surface area (Å²) in [6.45, 7) is 14.0. The molecule has 0 unspecified atom stereocenters. The van der Waals surface area contributed by atoms with Crippen molar-refractivity contribution in [1.82, 2.24) is 9.80 Å². The third-order valence-corrected chi connectivity index (χ3v) is 8.81. The highest BCUT2D eigenvalue weighted by Crippen LogP contribution is 2.37. The van der Waals surface area contributed by atoms with Gasteiger partial charge < -0.3 is 20.2 Å². The lowest BCUT2D eigenvalue weighted by atomic mass is 9.97. The normalized spacial score (nSPS) is 12.5. The summed E-state index contributed by atoms with van der Waals surface area (Å²) in [5.74, 6) is -0.512. The Bertz CT molecular complexity index is 1220. The van der Waals surface area contributed by atoms with Crippen LogP contribution in [0.25, 0.3) is 11.1 Å². The van der Waals surface area contributed by atoms with Crippen molar-refractivity contribution in [3.8, 4) is 11.1 Å². The van der Waals surface area contributed by atoms with E-state index in [1.807, 2.05) is 24.3 Å². The van der Waals surface area contributed by atoms with Gasteiger partial charge in [-0.3, -0.25) is 9.59 Å². The molecule has 0 spiro atoms. The van der Waals surface area contributed by atoms with Crippen molar-refractivity contribution in [1.29, 1.82) is 0 Å². The highest BCUT2D eigenvalue weighted by molar-refractivity contribution is 6.46. The molecule has 0 amide bonds. The molecule has 1 aliphatic rings. The van der Waals surface area contributed by atoms with Gasteiger partial charge in [0, 0.05) is 37.1 Å². The Morgan fingerprint density at radius 3 is 1.23 bits per heavy atom. The summed E-state index contributed by atoms with van der Waals surface area (Å²) in [6, 6.07) is 11.3. The summed E-state index contributed by atoms with van der Waals surface area (Å²) < 4.78 is 0. The average molecular weight is 692 g/mol. The number of carbonyl (C=O) groups is 2. The van der Waals surface area contributed by atoms with E-state index >= 15 is 0 Å². The van der Waals surface area contributed by atoms with E-state index < -0.39 is 0 Å². The molecule has 262 valence electrons. The number of nitrogens with zero attached hydrogens (tertiary/aromatic N) is 4. The van der Waals surface area contributed by atoms with Crippen LogP contribution in [0.1, 0.15) is 124 Å². The van der Waals surface area contributed by atoms with Crippen LogP contribution in [0.2, 0.25) is 0 Å². The van der Waals surface area contributed by atoms with Crippen molar-refractivity contribution in [3.63, 3.8) is 0 Å². The van der Waals surface area contributed by atoms with Gasteiger partial charge in [0.15, 0.2) is 0 Å². The fourth-order valence-electron chi connectivity index (χ4n) is 5.97. The van der Waals surface area contributed by atoms with Crippen LogP contribution in [0, 0.1) is 0 Å². The quantitative estimate of drug-likeness (QED) is 0.0473. The van der Waals surface area contributed by atoms with Gasteiger partial charge in [-0.25, -0.2) is 0 Å². The number of hydrogen-bond donors (Lipinski definition) is 2. The summed E-state index contributed by atoms with van der Waals surface area (Å²) in [5, 5.41) is 26.3. The summed E-state index contributed by atoms with van der Waals surface area (Å²) >= 11 is 0. The topological polar surface area (TPSA) is 106 Å². The molecule has 0 fully saturated rings. The third kappa shape index (κ3) is 12.3. The summed E-state index contributed by atoms with van der Waals surface area (Å²) in [4.78, 5) is 31.4. The van der Waals surface area contributed by atoms with Gasteiger partial charge in [-0.2, -0.15) is 0 Å². The number of ketones is 2. The molecule has 2 N–H and O–H groups in total. The largest absolute Gasteiger partial charge is 0.411 e. The number of carbonyl (C=O) groups excluding carboxylic acids is 2. The average Bonchev–Trinajstić information content (AvgIpc) is 3.43. The van der Waals surface area contributed by atoms with Crippen molar-refractivity contribution < 1.29 is 20.0 Å². The Balaban J connectivity index is 0.00000552. The lowest BCUT2D eigenvalue weighted by molar-refractivity contribution is 0.105. The van der Waals surface area contributed by atoms with E-state index in [1.165, 1.54) is 0 Å². The number of halogens is 2. The highest BCUT2D eigenvalue weighted by Gasteiger charge is 2.25. The molecule has 2 aromatic carbocycles. The lowest BCUT2D eigenvalue weighted by Gasteiger charge is -2.21. The van der Waals surface area contributed by atoms with Crippen LogP contribution < -0.4 is 0 Å². The Morgan fingerprint density at radius 1 is 0.596 bits per heavy atom. The molecule has 3 rings (SSSR count). The molecule has 0 saturated heterocycles. The van der Waals surface area contributed by atoms with Gasteiger partial charge in [0.2, 0.25) is 11.6 Å². The molecule has 0 bridgehead atoms. The van der Waals surface area contributed by atoms with E-state index in [2.05, 4.69) is 47.8 Å². The second kappa shape index (κ2) is 22.7. The number of benzene rings is 2. The van der Waals surface area contributed by atoms with Gasteiger partial charge in [0.05, 0.1) is 0 Å². The SMILES string of the molecule is CCCCN(CCCC)CCC(=NO)C(=O)c1ccc2c(c1)Cc1cc(C(=O)C(CCN(CCCC)CCCC)=NO)ccc1-2.Cl.Cl. The Labute approximate surface area is 294 Å². The van der Waals surface area contributed by atoms with Crippen LogP contribution in [-0.2, 0) is 6.42 Å². The number of oxime groups is 2. The molecule has 1 aliphatic carbocycles. The maximum atomic E-state index is 13.4. The predicted molar refractivity (Wildman–Crippen MR) is 198 cm³/mol. The number of Topliss-reactive ketones (excluding diaryl/α,β-unsaturated/α-hetero) is 2. The van der Waals surface area contributed by atoms with Crippen molar-refractivity contribution >= 4 is 47.8 Å². The summed E-state index contributed by atoms with van der Waals surface area (Å²) in [5.41, 5.74) is 5.44. The molecular weight excluding hydrogens is 635 g/mol. The Hall–Kier alpha value is -2.78. The lowest BCUT2D eigenvalue weighted by Crippen LogP contribution is -2.30. The zero-order valence-electron chi connectivity index (χ0n) is 28.8. The molecule has 10 heteroatoms. The number of hydrogen-bond acceptors (Lipinski definition) is 8. The van der Waals surface area contributed by atoms with Gasteiger partial charge in [-0.15, -0.1) is 24.8 Å². The van der Waals surface area contributed by atoms with Gasteiger partial charge in [0.25, 0.3) is 0 Å². The van der Waals surface area contributed by atoms with Crippen LogP contribution in [0.4, 0.5) is 0 Å². The number of rotatable bonds is 22. The van der Waals surface area contributed by atoms with Gasteiger partial charge in [0.1, 0.15) is 11.4 Å². The first-order valence-corrected chi connectivity index (χ1v) is 17.1. The first-order valence-electron chi connectivity index (χ1n) is 17.1.